The molecule has 212 valence electrons. The number of phenolic OH excluding ortho intramolecular Hbond substituents is 1. The van der Waals surface area contributed by atoms with Crippen LogP contribution in [0, 0.1) is 5.82 Å². The Labute approximate surface area is 241 Å². The zero-order valence-electron chi connectivity index (χ0n) is 23.2. The fraction of sp³-hybridized carbons (Fsp3) is 0.258. The van der Waals surface area contributed by atoms with Gasteiger partial charge >= 0.3 is 11.8 Å². The zero-order chi connectivity index (χ0) is 29.5. The maximum Gasteiger partial charge on any atom is 0.410 e. The highest BCUT2D eigenvalue weighted by Crippen LogP contribution is 2.41. The first-order chi connectivity index (χ1) is 19.4. The molecule has 1 amide bonds. The lowest BCUT2D eigenvalue weighted by Gasteiger charge is -2.30. The minimum atomic E-state index is -0.604. The van der Waals surface area contributed by atoms with Gasteiger partial charge in [0.1, 0.15) is 17.2 Å². The van der Waals surface area contributed by atoms with Crippen LogP contribution in [-0.4, -0.2) is 48.9 Å². The summed E-state index contributed by atoms with van der Waals surface area (Å²) in [4.78, 5) is 31.1. The number of carbonyl (C=O) groups is 1. The highest BCUT2D eigenvalue weighted by atomic mass is 35.5. The average molecular weight is 577 g/mol. The van der Waals surface area contributed by atoms with Crippen molar-refractivity contribution in [3.8, 4) is 33.7 Å². The number of aromatic nitrogens is 3. The lowest BCUT2D eigenvalue weighted by atomic mass is 9.96. The number of hydrogen-bond acceptors (Lipinski definition) is 5. The zero-order valence-corrected chi connectivity index (χ0v) is 23.9. The Morgan fingerprint density at radius 2 is 1.78 bits per heavy atom. The van der Waals surface area contributed by atoms with E-state index in [1.807, 2.05) is 26.8 Å². The van der Waals surface area contributed by atoms with Crippen LogP contribution in [0.3, 0.4) is 0 Å². The Bertz CT molecular complexity index is 1730. The molecule has 1 aliphatic rings. The second-order valence-corrected chi connectivity index (χ2v) is 11.3. The quantitative estimate of drug-likeness (QED) is 0.302. The van der Waals surface area contributed by atoms with Gasteiger partial charge in [-0.15, -0.1) is 0 Å². The maximum absolute atomic E-state index is 14.9. The van der Waals surface area contributed by atoms with Gasteiger partial charge in [0.2, 0.25) is 0 Å². The van der Waals surface area contributed by atoms with Crippen LogP contribution in [0.1, 0.15) is 32.9 Å². The van der Waals surface area contributed by atoms with E-state index >= 15 is 0 Å². The largest absolute Gasteiger partial charge is 0.507 e. The molecule has 0 aliphatic carbocycles. The Kier molecular flexibility index (Phi) is 7.48. The van der Waals surface area contributed by atoms with E-state index in [0.29, 0.717) is 42.0 Å². The van der Waals surface area contributed by atoms with Crippen molar-refractivity contribution in [2.45, 2.75) is 32.8 Å². The van der Waals surface area contributed by atoms with Crippen molar-refractivity contribution >= 4 is 23.3 Å². The van der Waals surface area contributed by atoms with E-state index in [-0.39, 0.29) is 27.6 Å². The number of aromatic hydroxyl groups is 1. The minimum Gasteiger partial charge on any atom is -0.507 e. The lowest BCUT2D eigenvalue weighted by molar-refractivity contribution is 0.0273. The first-order valence-corrected chi connectivity index (χ1v) is 13.5. The number of carbonyl (C=O) groups excluding carboxylic acids is 1. The van der Waals surface area contributed by atoms with Crippen LogP contribution in [-0.2, 0) is 11.8 Å². The minimum absolute atomic E-state index is 0.128. The van der Waals surface area contributed by atoms with Gasteiger partial charge in [-0.25, -0.2) is 14.0 Å². The lowest BCUT2D eigenvalue weighted by Crippen LogP contribution is -2.39. The molecule has 8 nitrogen and oxygen atoms in total. The van der Waals surface area contributed by atoms with E-state index in [2.05, 4.69) is 4.98 Å². The first kappa shape index (κ1) is 28.2. The Hall–Kier alpha value is -4.37. The number of amides is 1. The number of ether oxygens (including phenoxy) is 1. The summed E-state index contributed by atoms with van der Waals surface area (Å²) in [5, 5.41) is 11.6. The number of benzene rings is 2. The number of rotatable bonds is 4. The van der Waals surface area contributed by atoms with Gasteiger partial charge in [-0.3, -0.25) is 9.55 Å². The molecule has 2 aromatic heterocycles. The number of aryl methyl sites for hydroxylation is 1. The summed E-state index contributed by atoms with van der Waals surface area (Å²) in [6.07, 6.45) is 7.08. The third kappa shape index (κ3) is 5.90. The van der Waals surface area contributed by atoms with Crippen molar-refractivity contribution in [3.05, 3.63) is 94.1 Å². The normalized spacial score (nSPS) is 13.7. The number of pyridine rings is 1. The Morgan fingerprint density at radius 1 is 1.07 bits per heavy atom. The molecule has 0 radical (unpaired) electrons. The molecule has 3 heterocycles. The molecule has 0 spiro atoms. The van der Waals surface area contributed by atoms with Gasteiger partial charge in [-0.05, 0) is 80.3 Å². The van der Waals surface area contributed by atoms with Crippen molar-refractivity contribution in [2.24, 2.45) is 7.05 Å². The molecule has 41 heavy (non-hydrogen) atoms. The molecule has 0 fully saturated rings. The molecule has 0 bridgehead atoms. The highest BCUT2D eigenvalue weighted by Gasteiger charge is 2.25. The molecule has 1 N–H and O–H groups in total. The highest BCUT2D eigenvalue weighted by molar-refractivity contribution is 6.32. The second-order valence-electron chi connectivity index (χ2n) is 10.9. The van der Waals surface area contributed by atoms with E-state index in [9.17, 15) is 19.1 Å². The number of nitrogens with zero attached hydrogens (tertiary/aromatic N) is 4. The second kappa shape index (κ2) is 10.9. The summed E-state index contributed by atoms with van der Waals surface area (Å²) >= 11 is 6.52. The fourth-order valence-electron chi connectivity index (χ4n) is 4.74. The van der Waals surface area contributed by atoms with Gasteiger partial charge in [-0.1, -0.05) is 23.7 Å². The third-order valence-corrected chi connectivity index (χ3v) is 7.05. The van der Waals surface area contributed by atoms with E-state index in [1.54, 1.807) is 60.9 Å². The van der Waals surface area contributed by atoms with Crippen LogP contribution in [0.4, 0.5) is 9.18 Å². The molecule has 1 aliphatic heterocycles. The van der Waals surface area contributed by atoms with Crippen LogP contribution in [0.5, 0.6) is 5.75 Å². The molecule has 0 saturated carbocycles. The summed E-state index contributed by atoms with van der Waals surface area (Å²) in [5.74, 6) is -0.670. The van der Waals surface area contributed by atoms with Gasteiger partial charge in [0.05, 0.1) is 22.9 Å². The third-order valence-electron chi connectivity index (χ3n) is 6.74. The molecule has 0 saturated heterocycles. The van der Waals surface area contributed by atoms with Crippen LogP contribution in [0.25, 0.3) is 33.5 Å². The van der Waals surface area contributed by atoms with E-state index in [0.717, 1.165) is 5.57 Å². The molecule has 10 heteroatoms. The molecular weight excluding hydrogens is 547 g/mol. The van der Waals surface area contributed by atoms with E-state index in [4.69, 9.17) is 16.3 Å². The number of halogens is 2. The number of imidazole rings is 1. The molecule has 0 unspecified atom stereocenters. The van der Waals surface area contributed by atoms with Crippen molar-refractivity contribution in [2.75, 3.05) is 13.1 Å². The predicted octanol–water partition coefficient (Wildman–Crippen LogP) is 6.43. The summed E-state index contributed by atoms with van der Waals surface area (Å²) < 4.78 is 23.3. The van der Waals surface area contributed by atoms with Crippen molar-refractivity contribution in [1.29, 1.82) is 0 Å². The monoisotopic (exact) mass is 576 g/mol. The van der Waals surface area contributed by atoms with Crippen LogP contribution in [0.2, 0.25) is 5.02 Å². The summed E-state index contributed by atoms with van der Waals surface area (Å²) in [7, 11) is 1.64. The standard InChI is InChI=1S/C31H30ClFN4O4/c1-31(2,3)41-30(40)36-11-5-6-21(18-36)26-15-20(9-10-34-26)24-17-22(33)16-23(28(24)38)19-7-8-27(25(32)14-19)37-13-12-35(4)29(37)39/h6-10,12-17,38H,5,11,18H2,1-4H3. The number of phenols is 1. The van der Waals surface area contributed by atoms with E-state index in [1.165, 1.54) is 21.3 Å². The number of hydrogen-bond donors (Lipinski definition) is 1. The molecule has 5 rings (SSSR count). The summed E-state index contributed by atoms with van der Waals surface area (Å²) in [6.45, 7) is 6.32. The van der Waals surface area contributed by atoms with Crippen molar-refractivity contribution in [1.82, 2.24) is 19.0 Å². The van der Waals surface area contributed by atoms with Crippen molar-refractivity contribution in [3.63, 3.8) is 0 Å². The van der Waals surface area contributed by atoms with Crippen LogP contribution >= 0.6 is 11.6 Å². The Balaban J connectivity index is 1.47. The molecule has 0 atom stereocenters. The fourth-order valence-corrected chi connectivity index (χ4v) is 5.01. The van der Waals surface area contributed by atoms with Gasteiger partial charge in [0, 0.05) is 43.3 Å². The van der Waals surface area contributed by atoms with Gasteiger partial charge < -0.3 is 19.3 Å². The van der Waals surface area contributed by atoms with E-state index < -0.39 is 17.5 Å². The SMILES string of the molecule is Cn1ccn(-c2ccc(-c3cc(F)cc(-c4ccnc(C5=CCCN(C(=O)OC(C)(C)C)C5)c4)c3O)cc2Cl)c1=O. The van der Waals surface area contributed by atoms with Gasteiger partial charge in [-0.2, -0.15) is 0 Å². The topological polar surface area (TPSA) is 89.6 Å². The average Bonchev–Trinajstić information content (AvgIpc) is 3.26. The molecule has 4 aromatic rings. The van der Waals surface area contributed by atoms with Crippen LogP contribution in [0.15, 0.2) is 71.9 Å². The Morgan fingerprint density at radius 3 is 2.41 bits per heavy atom. The molecular formula is C31H30ClFN4O4. The van der Waals surface area contributed by atoms with Gasteiger partial charge in [0.25, 0.3) is 0 Å². The summed E-state index contributed by atoms with van der Waals surface area (Å²) in [6, 6.07) is 10.9. The predicted molar refractivity (Wildman–Crippen MR) is 157 cm³/mol. The van der Waals surface area contributed by atoms with Crippen molar-refractivity contribution < 1.29 is 19.0 Å². The smallest absolute Gasteiger partial charge is 0.410 e. The maximum atomic E-state index is 14.9. The summed E-state index contributed by atoms with van der Waals surface area (Å²) in [5.41, 5.74) is 2.63. The first-order valence-electron chi connectivity index (χ1n) is 13.1. The van der Waals surface area contributed by atoms with Gasteiger partial charge in [0.15, 0.2) is 0 Å². The molecule has 2 aromatic carbocycles. The van der Waals surface area contributed by atoms with Crippen LogP contribution < -0.4 is 5.69 Å².